The van der Waals surface area contributed by atoms with Crippen molar-refractivity contribution in [3.63, 3.8) is 0 Å². The maximum Gasteiger partial charge on any atom is 0.254 e. The molecule has 6 nitrogen and oxygen atoms in total. The van der Waals surface area contributed by atoms with E-state index in [1.165, 1.54) is 0 Å². The van der Waals surface area contributed by atoms with Gasteiger partial charge in [0.1, 0.15) is 0 Å². The number of nitrogens with one attached hydrogen (secondary N) is 2. The number of pyridine rings is 1. The van der Waals surface area contributed by atoms with E-state index in [1.807, 2.05) is 42.1 Å². The number of benzene rings is 2. The lowest BCUT2D eigenvalue weighted by atomic mass is 9.95. The van der Waals surface area contributed by atoms with Crippen molar-refractivity contribution >= 4 is 38.5 Å². The maximum absolute atomic E-state index is 13.2. The van der Waals surface area contributed by atoms with Gasteiger partial charge in [-0.25, -0.2) is 4.98 Å². The Hall–Kier alpha value is -2.96. The van der Waals surface area contributed by atoms with Gasteiger partial charge in [-0.2, -0.15) is 0 Å². The van der Waals surface area contributed by atoms with Crippen LogP contribution < -0.4 is 16.4 Å². The summed E-state index contributed by atoms with van der Waals surface area (Å²) in [7, 11) is 2.00. The Morgan fingerprint density at radius 2 is 1.93 bits per heavy atom. The van der Waals surface area contributed by atoms with Gasteiger partial charge in [-0.15, -0.1) is 0 Å². The Morgan fingerprint density at radius 3 is 2.75 bits per heavy atom. The van der Waals surface area contributed by atoms with Gasteiger partial charge >= 0.3 is 0 Å². The van der Waals surface area contributed by atoms with Gasteiger partial charge in [-0.05, 0) is 30.0 Å². The van der Waals surface area contributed by atoms with Crippen LogP contribution in [0.25, 0.3) is 32.6 Å². The zero-order valence-electron chi connectivity index (χ0n) is 16.4. The van der Waals surface area contributed by atoms with Crippen LogP contribution in [0.3, 0.4) is 0 Å². The summed E-state index contributed by atoms with van der Waals surface area (Å²) in [6.07, 6.45) is 4.06. The number of carbonyl (C=O) groups excluding carboxylic acids is 1. The number of aromatic nitrogens is 2. The number of carbonyl (C=O) groups is 1. The molecule has 0 saturated heterocycles. The number of fused-ring (bicyclic) bond motifs is 4. The normalized spacial score (nSPS) is 11.5. The van der Waals surface area contributed by atoms with Crippen LogP contribution >= 0.6 is 0 Å². The molecule has 0 aliphatic carbocycles. The standard InChI is InChI=1S/C22H25N5O/c1-14-17-13-27(2)12-7-15(17)20(22(28)25-11-10-24-9-8-23)21-19(14)16-5-3-4-6-18(16)26-21/h3-7,12-13,24H,8-11,23H2,1-2H3,(H,25,28)/p+1. The van der Waals surface area contributed by atoms with E-state index in [4.69, 9.17) is 4.98 Å². The number of para-hydroxylation sites is 1. The molecule has 0 radical (unpaired) electrons. The summed E-state index contributed by atoms with van der Waals surface area (Å²) < 4.78 is 2.02. The Morgan fingerprint density at radius 1 is 1.11 bits per heavy atom. The van der Waals surface area contributed by atoms with Crippen molar-refractivity contribution in [2.45, 2.75) is 6.92 Å². The number of aryl methyl sites for hydroxylation is 2. The molecule has 0 atom stereocenters. The van der Waals surface area contributed by atoms with Gasteiger partial charge in [0, 0.05) is 55.2 Å². The molecular weight excluding hydrogens is 350 g/mol. The van der Waals surface area contributed by atoms with Gasteiger partial charge in [-0.1, -0.05) is 18.2 Å². The monoisotopic (exact) mass is 376 g/mol. The highest BCUT2D eigenvalue weighted by molar-refractivity contribution is 6.24. The Kier molecular flexibility index (Phi) is 4.98. The Balaban J connectivity index is 1.89. The molecule has 0 unspecified atom stereocenters. The second kappa shape index (κ2) is 7.58. The van der Waals surface area contributed by atoms with Crippen LogP contribution in [0.15, 0.2) is 42.7 Å². The first-order chi connectivity index (χ1) is 13.6. The third-order valence-electron chi connectivity index (χ3n) is 5.19. The van der Waals surface area contributed by atoms with Gasteiger partial charge in [0.05, 0.1) is 23.1 Å². The largest absolute Gasteiger partial charge is 0.357 e. The summed E-state index contributed by atoms with van der Waals surface area (Å²) in [6, 6.07) is 10.1. The van der Waals surface area contributed by atoms with Gasteiger partial charge < -0.3 is 20.9 Å². The van der Waals surface area contributed by atoms with Crippen LogP contribution in [0, 0.1) is 6.92 Å². The second-order valence-electron chi connectivity index (χ2n) is 7.15. The number of hydrogen-bond acceptors (Lipinski definition) is 3. The Labute approximate surface area is 163 Å². The van der Waals surface area contributed by atoms with Crippen molar-refractivity contribution in [2.24, 2.45) is 7.05 Å². The topological polar surface area (TPSA) is 86.6 Å². The molecule has 0 saturated carbocycles. The van der Waals surface area contributed by atoms with Crippen LogP contribution in [0.2, 0.25) is 0 Å². The number of nitrogens with zero attached hydrogens (tertiary/aromatic N) is 2. The third-order valence-corrected chi connectivity index (χ3v) is 5.19. The molecule has 4 aromatic rings. The molecule has 28 heavy (non-hydrogen) atoms. The number of quaternary nitrogens is 1. The number of hydrogen-bond donors (Lipinski definition) is 3. The second-order valence-corrected chi connectivity index (χ2v) is 7.15. The molecule has 1 amide bonds. The van der Waals surface area contributed by atoms with E-state index in [2.05, 4.69) is 35.6 Å². The quantitative estimate of drug-likeness (QED) is 0.448. The summed E-state index contributed by atoms with van der Waals surface area (Å²) in [5.41, 5.74) is 7.33. The minimum absolute atomic E-state index is 0.0805. The summed E-state index contributed by atoms with van der Waals surface area (Å²) >= 11 is 0. The lowest BCUT2D eigenvalue weighted by Crippen LogP contribution is -2.54. The highest BCUT2D eigenvalue weighted by Gasteiger charge is 2.21. The third kappa shape index (κ3) is 3.10. The first-order valence-corrected chi connectivity index (χ1v) is 9.66. The van der Waals surface area contributed by atoms with Crippen LogP contribution in [-0.4, -0.2) is 41.6 Å². The lowest BCUT2D eigenvalue weighted by Gasteiger charge is -2.13. The Bertz CT molecular complexity index is 1180. The SMILES string of the molecule is Cc1c2cn(C)ccc2c(C(=O)NCCNCC[NH3+])c2nc3ccccc3c12. The van der Waals surface area contributed by atoms with Gasteiger partial charge in [-0.3, -0.25) is 4.79 Å². The van der Waals surface area contributed by atoms with Gasteiger partial charge in [0.2, 0.25) is 0 Å². The highest BCUT2D eigenvalue weighted by Crippen LogP contribution is 2.36. The van der Waals surface area contributed by atoms with E-state index in [-0.39, 0.29) is 5.91 Å². The average molecular weight is 376 g/mol. The summed E-state index contributed by atoms with van der Waals surface area (Å²) in [4.78, 5) is 18.0. The molecule has 6 heteroatoms. The van der Waals surface area contributed by atoms with Crippen LogP contribution in [-0.2, 0) is 7.05 Å². The fourth-order valence-corrected chi connectivity index (χ4v) is 3.86. The molecule has 0 fully saturated rings. The van der Waals surface area contributed by atoms with E-state index < -0.39 is 0 Å². The number of rotatable bonds is 6. The van der Waals surface area contributed by atoms with Crippen molar-refractivity contribution in [1.82, 2.24) is 20.2 Å². The predicted octanol–water partition coefficient (Wildman–Crippen LogP) is 1.75. The molecule has 0 bridgehead atoms. The fraction of sp³-hybridized carbons (Fsp3) is 0.273. The van der Waals surface area contributed by atoms with E-state index >= 15 is 0 Å². The molecule has 2 aromatic carbocycles. The zero-order chi connectivity index (χ0) is 19.7. The van der Waals surface area contributed by atoms with Crippen LogP contribution in [0.5, 0.6) is 0 Å². The molecule has 4 rings (SSSR count). The van der Waals surface area contributed by atoms with Crippen LogP contribution in [0.1, 0.15) is 15.9 Å². The maximum atomic E-state index is 13.2. The van der Waals surface area contributed by atoms with Gasteiger partial charge in [0.15, 0.2) is 0 Å². The highest BCUT2D eigenvalue weighted by atomic mass is 16.1. The van der Waals surface area contributed by atoms with E-state index in [0.717, 1.165) is 57.8 Å². The lowest BCUT2D eigenvalue weighted by molar-refractivity contribution is -0.365. The first kappa shape index (κ1) is 18.4. The van der Waals surface area contributed by atoms with E-state index in [1.54, 1.807) is 0 Å². The van der Waals surface area contributed by atoms with Crippen molar-refractivity contribution < 1.29 is 10.5 Å². The van der Waals surface area contributed by atoms with Crippen molar-refractivity contribution in [3.05, 3.63) is 53.9 Å². The molecule has 144 valence electrons. The van der Waals surface area contributed by atoms with Crippen molar-refractivity contribution in [2.75, 3.05) is 26.2 Å². The molecule has 5 N–H and O–H groups in total. The van der Waals surface area contributed by atoms with E-state index in [0.29, 0.717) is 12.1 Å². The van der Waals surface area contributed by atoms with Crippen molar-refractivity contribution in [1.29, 1.82) is 0 Å². The molecular formula is C22H26N5O+. The summed E-state index contributed by atoms with van der Waals surface area (Å²) in [6.45, 7) is 5.08. The average Bonchev–Trinajstić information content (AvgIpc) is 3.08. The zero-order valence-corrected chi connectivity index (χ0v) is 16.4. The number of amides is 1. The fourth-order valence-electron chi connectivity index (χ4n) is 3.86. The molecule has 0 aliphatic rings. The van der Waals surface area contributed by atoms with Crippen LogP contribution in [0.4, 0.5) is 0 Å². The first-order valence-electron chi connectivity index (χ1n) is 9.66. The molecule has 0 spiro atoms. The molecule has 2 heterocycles. The predicted molar refractivity (Wildman–Crippen MR) is 113 cm³/mol. The van der Waals surface area contributed by atoms with E-state index in [9.17, 15) is 4.79 Å². The molecule has 0 aliphatic heterocycles. The minimum Gasteiger partial charge on any atom is -0.357 e. The molecule has 2 aromatic heterocycles. The van der Waals surface area contributed by atoms with Crippen molar-refractivity contribution in [3.8, 4) is 0 Å². The summed E-state index contributed by atoms with van der Waals surface area (Å²) in [5, 5.41) is 10.5. The summed E-state index contributed by atoms with van der Waals surface area (Å²) in [5.74, 6) is -0.0805. The smallest absolute Gasteiger partial charge is 0.254 e. The minimum atomic E-state index is -0.0805. The van der Waals surface area contributed by atoms with Gasteiger partial charge in [0.25, 0.3) is 5.91 Å².